The summed E-state index contributed by atoms with van der Waals surface area (Å²) >= 11 is 0. The summed E-state index contributed by atoms with van der Waals surface area (Å²) in [5.41, 5.74) is 1.82. The van der Waals surface area contributed by atoms with Gasteiger partial charge in [-0.2, -0.15) is 0 Å². The number of carbonyl (C=O) groups is 2. The monoisotopic (exact) mass is 432 g/mol. The fourth-order valence-corrected chi connectivity index (χ4v) is 3.58. The Morgan fingerprint density at radius 1 is 1.00 bits per heavy atom. The van der Waals surface area contributed by atoms with Crippen molar-refractivity contribution in [3.05, 3.63) is 62.5 Å². The Balaban J connectivity index is 2.78. The molecule has 9 heteroatoms. The van der Waals surface area contributed by atoms with Crippen LogP contribution < -0.4 is 0 Å². The molecular formula is C22H28N2O7. The van der Waals surface area contributed by atoms with Crippen LogP contribution in [0.1, 0.15) is 46.1 Å². The zero-order chi connectivity index (χ0) is 23.1. The lowest BCUT2D eigenvalue weighted by Crippen LogP contribution is -2.36. The number of nitro benzene ring substituents is 1. The van der Waals surface area contributed by atoms with Crippen molar-refractivity contribution in [1.29, 1.82) is 0 Å². The first-order chi connectivity index (χ1) is 14.8. The zero-order valence-electron chi connectivity index (χ0n) is 18.5. The van der Waals surface area contributed by atoms with E-state index in [1.807, 2.05) is 6.92 Å². The Labute approximate surface area is 181 Å². The number of hydrogen-bond donors (Lipinski definition) is 0. The minimum absolute atomic E-state index is 0.127. The van der Waals surface area contributed by atoms with Crippen molar-refractivity contribution in [1.82, 2.24) is 4.90 Å². The molecule has 0 atom stereocenters. The van der Waals surface area contributed by atoms with E-state index in [0.717, 1.165) is 0 Å². The molecule has 0 radical (unpaired) electrons. The molecule has 0 unspecified atom stereocenters. The van der Waals surface area contributed by atoms with Crippen LogP contribution in [0.25, 0.3) is 0 Å². The molecule has 0 spiro atoms. The second kappa shape index (κ2) is 10.7. The minimum Gasteiger partial charge on any atom is -0.463 e. The van der Waals surface area contributed by atoms with E-state index in [1.54, 1.807) is 38.7 Å². The van der Waals surface area contributed by atoms with Gasteiger partial charge in [0.05, 0.1) is 35.2 Å². The molecule has 2 rings (SSSR count). The molecule has 0 bridgehead atoms. The maximum atomic E-state index is 13.0. The van der Waals surface area contributed by atoms with Crippen molar-refractivity contribution in [2.75, 3.05) is 26.6 Å². The average Bonchev–Trinajstić information content (AvgIpc) is 2.73. The van der Waals surface area contributed by atoms with Crippen LogP contribution >= 0.6 is 0 Å². The van der Waals surface area contributed by atoms with Gasteiger partial charge in [-0.3, -0.25) is 10.1 Å². The van der Waals surface area contributed by atoms with Crippen molar-refractivity contribution in [3.8, 4) is 0 Å². The summed E-state index contributed by atoms with van der Waals surface area (Å²) in [7, 11) is 0. The molecule has 0 saturated carbocycles. The van der Waals surface area contributed by atoms with Gasteiger partial charge in [0.25, 0.3) is 5.69 Å². The summed E-state index contributed by atoms with van der Waals surface area (Å²) in [6.07, 6.45) is 0. The molecule has 0 amide bonds. The van der Waals surface area contributed by atoms with Crippen LogP contribution in [-0.4, -0.2) is 48.3 Å². The summed E-state index contributed by atoms with van der Waals surface area (Å²) < 4.78 is 16.1. The van der Waals surface area contributed by atoms with Crippen LogP contribution in [0.4, 0.5) is 5.69 Å². The van der Waals surface area contributed by atoms with Gasteiger partial charge >= 0.3 is 11.9 Å². The second-order valence-electron chi connectivity index (χ2n) is 6.77. The standard InChI is InChI=1S/C22H28N2O7/c1-6-29-13-23-14(4)18(21(25)30-7-2)20(19(15(23)5)22(26)31-8-3)16-10-9-11-17(12-16)24(27)28/h9-12,20H,6-8,13H2,1-5H3. The summed E-state index contributed by atoms with van der Waals surface area (Å²) in [6, 6.07) is 5.89. The van der Waals surface area contributed by atoms with Gasteiger partial charge in [-0.1, -0.05) is 12.1 Å². The molecule has 1 aliphatic heterocycles. The van der Waals surface area contributed by atoms with E-state index in [1.165, 1.54) is 18.2 Å². The summed E-state index contributed by atoms with van der Waals surface area (Å²) in [5.74, 6) is -2.09. The van der Waals surface area contributed by atoms with Gasteiger partial charge in [-0.25, -0.2) is 9.59 Å². The van der Waals surface area contributed by atoms with Gasteiger partial charge in [-0.15, -0.1) is 0 Å². The van der Waals surface area contributed by atoms with Gasteiger partial charge in [0.15, 0.2) is 0 Å². The number of esters is 2. The quantitative estimate of drug-likeness (QED) is 0.330. The van der Waals surface area contributed by atoms with E-state index in [-0.39, 0.29) is 36.8 Å². The van der Waals surface area contributed by atoms with Crippen LogP contribution in [0.15, 0.2) is 46.8 Å². The first-order valence-corrected chi connectivity index (χ1v) is 10.1. The molecule has 1 heterocycles. The van der Waals surface area contributed by atoms with Crippen molar-refractivity contribution < 1.29 is 28.7 Å². The maximum Gasteiger partial charge on any atom is 0.336 e. The minimum atomic E-state index is -0.879. The highest BCUT2D eigenvalue weighted by Gasteiger charge is 2.41. The smallest absolute Gasteiger partial charge is 0.336 e. The number of ether oxygens (including phenoxy) is 3. The second-order valence-corrected chi connectivity index (χ2v) is 6.77. The highest BCUT2D eigenvalue weighted by Crippen LogP contribution is 2.43. The van der Waals surface area contributed by atoms with Gasteiger partial charge < -0.3 is 19.1 Å². The summed E-state index contributed by atoms with van der Waals surface area (Å²) in [5, 5.41) is 11.3. The van der Waals surface area contributed by atoms with E-state index in [0.29, 0.717) is 23.6 Å². The lowest BCUT2D eigenvalue weighted by Gasteiger charge is -2.37. The number of carbonyl (C=O) groups excluding carboxylic acids is 2. The number of hydrogen-bond acceptors (Lipinski definition) is 8. The van der Waals surface area contributed by atoms with Crippen LogP contribution in [0.3, 0.4) is 0 Å². The number of nitrogens with zero attached hydrogens (tertiary/aromatic N) is 2. The first kappa shape index (κ1) is 24.1. The number of nitro groups is 1. The van der Waals surface area contributed by atoms with Gasteiger partial charge in [0.2, 0.25) is 0 Å². The van der Waals surface area contributed by atoms with Gasteiger partial charge in [0.1, 0.15) is 6.73 Å². The average molecular weight is 432 g/mol. The molecule has 0 aliphatic carbocycles. The predicted molar refractivity (Wildman–Crippen MR) is 113 cm³/mol. The van der Waals surface area contributed by atoms with E-state index >= 15 is 0 Å². The van der Waals surface area contributed by atoms with Gasteiger partial charge in [-0.05, 0) is 40.2 Å². The van der Waals surface area contributed by atoms with Crippen molar-refractivity contribution in [3.63, 3.8) is 0 Å². The highest BCUT2D eigenvalue weighted by atomic mass is 16.6. The maximum absolute atomic E-state index is 13.0. The van der Waals surface area contributed by atoms with Crippen molar-refractivity contribution >= 4 is 17.6 Å². The van der Waals surface area contributed by atoms with Crippen LogP contribution in [0.5, 0.6) is 0 Å². The topological polar surface area (TPSA) is 108 Å². The third-order valence-electron chi connectivity index (χ3n) is 5.00. The highest BCUT2D eigenvalue weighted by molar-refractivity contribution is 6.00. The molecule has 0 saturated heterocycles. The van der Waals surface area contributed by atoms with E-state index in [9.17, 15) is 19.7 Å². The largest absolute Gasteiger partial charge is 0.463 e. The third-order valence-corrected chi connectivity index (χ3v) is 5.00. The van der Waals surface area contributed by atoms with Crippen molar-refractivity contribution in [2.45, 2.75) is 40.5 Å². The molecule has 1 aliphatic rings. The van der Waals surface area contributed by atoms with Crippen LogP contribution in [-0.2, 0) is 23.8 Å². The SMILES string of the molecule is CCOCN1C(C)=C(C(=O)OCC)C(c2cccc([N+](=O)[O-])c2)C(C(=O)OCC)=C1C. The number of rotatable bonds is 9. The molecule has 0 aromatic heterocycles. The summed E-state index contributed by atoms with van der Waals surface area (Å²) in [4.78, 5) is 38.6. The van der Waals surface area contributed by atoms with E-state index in [2.05, 4.69) is 0 Å². The lowest BCUT2D eigenvalue weighted by atomic mass is 9.79. The zero-order valence-corrected chi connectivity index (χ0v) is 18.5. The molecular weight excluding hydrogens is 404 g/mol. The molecule has 31 heavy (non-hydrogen) atoms. The van der Waals surface area contributed by atoms with Crippen LogP contribution in [0.2, 0.25) is 0 Å². The molecule has 9 nitrogen and oxygen atoms in total. The Kier molecular flexibility index (Phi) is 8.32. The van der Waals surface area contributed by atoms with E-state index < -0.39 is 22.8 Å². The third kappa shape index (κ3) is 5.11. The Hall–Kier alpha value is -3.20. The Morgan fingerprint density at radius 3 is 2.00 bits per heavy atom. The summed E-state index contributed by atoms with van der Waals surface area (Å²) in [6.45, 7) is 9.53. The number of allylic oxidation sites excluding steroid dienone is 2. The first-order valence-electron chi connectivity index (χ1n) is 10.1. The van der Waals surface area contributed by atoms with Crippen molar-refractivity contribution in [2.24, 2.45) is 0 Å². The molecule has 1 aromatic rings. The predicted octanol–water partition coefficient (Wildman–Crippen LogP) is 3.66. The lowest BCUT2D eigenvalue weighted by molar-refractivity contribution is -0.384. The molecule has 1 aromatic carbocycles. The number of non-ortho nitro benzene ring substituents is 1. The van der Waals surface area contributed by atoms with Gasteiger partial charge in [0, 0.05) is 30.1 Å². The fraction of sp³-hybridized carbons (Fsp3) is 0.455. The normalized spacial score (nSPS) is 14.7. The number of benzene rings is 1. The molecule has 0 fully saturated rings. The molecule has 168 valence electrons. The fourth-order valence-electron chi connectivity index (χ4n) is 3.58. The Morgan fingerprint density at radius 2 is 1.55 bits per heavy atom. The van der Waals surface area contributed by atoms with E-state index in [4.69, 9.17) is 14.2 Å². The van der Waals surface area contributed by atoms with Crippen LogP contribution in [0, 0.1) is 10.1 Å². The Bertz CT molecular complexity index is 878. The molecule has 0 N–H and O–H groups in total.